The highest BCUT2D eigenvalue weighted by molar-refractivity contribution is 6.30. The lowest BCUT2D eigenvalue weighted by Crippen LogP contribution is -2.02. The number of ether oxygens (including phenoxy) is 1. The first-order valence-corrected chi connectivity index (χ1v) is 5.93. The number of anilines is 1. The van der Waals surface area contributed by atoms with Crippen molar-refractivity contribution in [3.8, 4) is 11.6 Å². The minimum atomic E-state index is 0.461. The Morgan fingerprint density at radius 2 is 2.11 bits per heavy atom. The molecule has 0 fully saturated rings. The molecule has 0 saturated carbocycles. The van der Waals surface area contributed by atoms with Crippen LogP contribution in [-0.2, 0) is 0 Å². The molecule has 0 radical (unpaired) electrons. The van der Waals surface area contributed by atoms with Gasteiger partial charge in [0.25, 0.3) is 0 Å². The third-order valence-corrected chi connectivity index (χ3v) is 2.28. The number of hydrogen-bond donors (Lipinski definition) is 1. The molecule has 0 atom stereocenters. The molecular weight excluding hydrogens is 252 g/mol. The van der Waals surface area contributed by atoms with E-state index in [1.807, 2.05) is 13.8 Å². The fourth-order valence-electron chi connectivity index (χ4n) is 1.43. The first-order valence-electron chi connectivity index (χ1n) is 5.55. The molecule has 0 saturated heterocycles. The summed E-state index contributed by atoms with van der Waals surface area (Å²) in [7, 11) is 0. The second-order valence-corrected chi connectivity index (χ2v) is 4.05. The van der Waals surface area contributed by atoms with Gasteiger partial charge in [0, 0.05) is 24.9 Å². The normalized spacial score (nSPS) is 10.2. The summed E-state index contributed by atoms with van der Waals surface area (Å²) in [5.74, 6) is 2.37. The summed E-state index contributed by atoms with van der Waals surface area (Å²) in [6.45, 7) is 4.59. The van der Waals surface area contributed by atoms with Crippen LogP contribution in [0.1, 0.15) is 12.7 Å². The van der Waals surface area contributed by atoms with Crippen molar-refractivity contribution in [2.75, 3.05) is 11.9 Å². The van der Waals surface area contributed by atoms with Crippen molar-refractivity contribution in [1.82, 2.24) is 15.0 Å². The molecule has 0 amide bonds. The van der Waals surface area contributed by atoms with Crippen LogP contribution in [0.4, 0.5) is 5.82 Å². The monoisotopic (exact) mass is 264 g/mol. The molecule has 1 N–H and O–H groups in total. The Kier molecular flexibility index (Phi) is 3.94. The van der Waals surface area contributed by atoms with Crippen molar-refractivity contribution >= 4 is 17.4 Å². The average molecular weight is 265 g/mol. The Bertz CT molecular complexity index is 547. The van der Waals surface area contributed by atoms with Crippen molar-refractivity contribution < 1.29 is 4.74 Å². The van der Waals surface area contributed by atoms with Crippen LogP contribution in [0.15, 0.2) is 24.5 Å². The molecule has 2 aromatic heterocycles. The Hall–Kier alpha value is -1.88. The maximum absolute atomic E-state index is 5.84. The summed E-state index contributed by atoms with van der Waals surface area (Å²) in [6.07, 6.45) is 3.12. The van der Waals surface area contributed by atoms with E-state index in [-0.39, 0.29) is 0 Å². The van der Waals surface area contributed by atoms with Gasteiger partial charge in [0.2, 0.25) is 5.88 Å². The van der Waals surface area contributed by atoms with Crippen molar-refractivity contribution in [2.45, 2.75) is 13.8 Å². The second-order valence-electron chi connectivity index (χ2n) is 3.61. The average Bonchev–Trinajstić information content (AvgIpc) is 2.28. The maximum Gasteiger partial charge on any atom is 0.224 e. The van der Waals surface area contributed by atoms with Crippen molar-refractivity contribution in [3.05, 3.63) is 35.4 Å². The van der Waals surface area contributed by atoms with Gasteiger partial charge in [0.1, 0.15) is 17.4 Å². The van der Waals surface area contributed by atoms with Gasteiger partial charge in [0.05, 0.1) is 11.2 Å². The smallest absolute Gasteiger partial charge is 0.224 e. The van der Waals surface area contributed by atoms with Crippen LogP contribution in [0.2, 0.25) is 5.02 Å². The van der Waals surface area contributed by atoms with E-state index >= 15 is 0 Å². The van der Waals surface area contributed by atoms with Gasteiger partial charge in [-0.1, -0.05) is 11.6 Å². The lowest BCUT2D eigenvalue weighted by molar-refractivity contribution is 0.458. The molecule has 0 spiro atoms. The van der Waals surface area contributed by atoms with E-state index < -0.39 is 0 Å². The van der Waals surface area contributed by atoms with E-state index in [9.17, 15) is 0 Å². The van der Waals surface area contributed by atoms with E-state index in [1.54, 1.807) is 24.5 Å². The Balaban J connectivity index is 2.23. The third-order valence-electron chi connectivity index (χ3n) is 2.07. The largest absolute Gasteiger partial charge is 0.437 e. The summed E-state index contributed by atoms with van der Waals surface area (Å²) in [5.41, 5.74) is 0. The first-order chi connectivity index (χ1) is 8.67. The second kappa shape index (κ2) is 5.64. The van der Waals surface area contributed by atoms with Gasteiger partial charge in [-0.15, -0.1) is 0 Å². The quantitative estimate of drug-likeness (QED) is 0.920. The Morgan fingerprint density at radius 1 is 1.28 bits per heavy atom. The van der Waals surface area contributed by atoms with E-state index in [0.29, 0.717) is 22.5 Å². The summed E-state index contributed by atoms with van der Waals surface area (Å²) >= 11 is 5.84. The molecule has 0 aliphatic heterocycles. The fraction of sp³-hybridized carbons (Fsp3) is 0.250. The molecule has 6 heteroatoms. The number of rotatable bonds is 4. The molecule has 0 bridgehead atoms. The van der Waals surface area contributed by atoms with Gasteiger partial charge in [-0.05, 0) is 13.8 Å². The topological polar surface area (TPSA) is 59.9 Å². The van der Waals surface area contributed by atoms with Crippen molar-refractivity contribution in [2.24, 2.45) is 0 Å². The summed E-state index contributed by atoms with van der Waals surface area (Å²) in [4.78, 5) is 12.4. The number of hydrogen-bond acceptors (Lipinski definition) is 5. The zero-order valence-electron chi connectivity index (χ0n) is 10.1. The maximum atomic E-state index is 5.84. The Labute approximate surface area is 110 Å². The van der Waals surface area contributed by atoms with Gasteiger partial charge in [0.15, 0.2) is 0 Å². The molecule has 0 aliphatic rings. The summed E-state index contributed by atoms with van der Waals surface area (Å²) < 4.78 is 5.59. The highest BCUT2D eigenvalue weighted by Crippen LogP contribution is 2.23. The first kappa shape index (κ1) is 12.6. The molecule has 2 rings (SSSR count). The number of aromatic nitrogens is 3. The molecule has 0 aromatic carbocycles. The minimum absolute atomic E-state index is 0.461. The van der Waals surface area contributed by atoms with E-state index in [2.05, 4.69) is 20.3 Å². The van der Waals surface area contributed by atoms with Gasteiger partial charge < -0.3 is 10.1 Å². The van der Waals surface area contributed by atoms with Crippen LogP contribution >= 0.6 is 11.6 Å². The molecule has 0 unspecified atom stereocenters. The summed E-state index contributed by atoms with van der Waals surface area (Å²) in [6, 6.07) is 3.41. The van der Waals surface area contributed by atoms with Crippen LogP contribution in [0.3, 0.4) is 0 Å². The minimum Gasteiger partial charge on any atom is -0.437 e. The molecule has 2 heterocycles. The SMILES string of the molecule is CCNc1cc(Oc2cncc(Cl)c2)nc(C)n1. The van der Waals surface area contributed by atoms with E-state index in [4.69, 9.17) is 16.3 Å². The summed E-state index contributed by atoms with van der Waals surface area (Å²) in [5, 5.41) is 3.63. The van der Waals surface area contributed by atoms with Crippen LogP contribution in [0.5, 0.6) is 11.6 Å². The number of pyridine rings is 1. The lowest BCUT2D eigenvalue weighted by Gasteiger charge is -2.08. The molecule has 18 heavy (non-hydrogen) atoms. The van der Waals surface area contributed by atoms with E-state index in [1.165, 1.54) is 0 Å². The van der Waals surface area contributed by atoms with Gasteiger partial charge in [-0.25, -0.2) is 4.98 Å². The predicted octanol–water partition coefficient (Wildman–Crippen LogP) is 3.06. The van der Waals surface area contributed by atoms with Crippen LogP contribution in [-0.4, -0.2) is 21.5 Å². The predicted molar refractivity (Wildman–Crippen MR) is 70.3 cm³/mol. The van der Waals surface area contributed by atoms with Gasteiger partial charge >= 0.3 is 0 Å². The number of nitrogens with zero attached hydrogens (tertiary/aromatic N) is 3. The third kappa shape index (κ3) is 3.30. The molecule has 2 aromatic rings. The number of halogens is 1. The number of aryl methyl sites for hydroxylation is 1. The van der Waals surface area contributed by atoms with Crippen LogP contribution in [0, 0.1) is 6.92 Å². The fourth-order valence-corrected chi connectivity index (χ4v) is 1.60. The van der Waals surface area contributed by atoms with E-state index in [0.717, 1.165) is 12.4 Å². The highest BCUT2D eigenvalue weighted by atomic mass is 35.5. The molecule has 94 valence electrons. The van der Waals surface area contributed by atoms with Crippen molar-refractivity contribution in [3.63, 3.8) is 0 Å². The highest BCUT2D eigenvalue weighted by Gasteiger charge is 2.04. The van der Waals surface area contributed by atoms with Crippen LogP contribution in [0.25, 0.3) is 0 Å². The molecule has 0 aliphatic carbocycles. The van der Waals surface area contributed by atoms with Gasteiger partial charge in [-0.3, -0.25) is 4.98 Å². The lowest BCUT2D eigenvalue weighted by atomic mass is 10.4. The Morgan fingerprint density at radius 3 is 2.83 bits per heavy atom. The van der Waals surface area contributed by atoms with Crippen LogP contribution < -0.4 is 10.1 Å². The zero-order chi connectivity index (χ0) is 13.0. The zero-order valence-corrected chi connectivity index (χ0v) is 10.9. The van der Waals surface area contributed by atoms with Crippen molar-refractivity contribution in [1.29, 1.82) is 0 Å². The molecule has 5 nitrogen and oxygen atoms in total. The standard InChI is InChI=1S/C12H13ClN4O/c1-3-15-11-5-12(17-8(2)16-11)18-10-4-9(13)6-14-7-10/h4-7H,3H2,1-2H3,(H,15,16,17). The van der Waals surface area contributed by atoms with Gasteiger partial charge in [-0.2, -0.15) is 4.98 Å². The number of nitrogens with one attached hydrogen (secondary N) is 1. The molecular formula is C12H13ClN4O.